The summed E-state index contributed by atoms with van der Waals surface area (Å²) in [5.41, 5.74) is 0. The Morgan fingerprint density at radius 1 is 1.62 bits per heavy atom. The van der Waals surface area contributed by atoms with Crippen LogP contribution in [0.1, 0.15) is 39.5 Å². The smallest absolute Gasteiger partial charge is 0.308 e. The van der Waals surface area contributed by atoms with Crippen LogP contribution in [-0.4, -0.2) is 23.2 Å². The highest BCUT2D eigenvalue weighted by atomic mass is 16.4. The SMILES string of the molecule is CCCC(C)NC1CCC1C(=O)O. The van der Waals surface area contributed by atoms with E-state index in [0.29, 0.717) is 6.04 Å². The van der Waals surface area contributed by atoms with Crippen LogP contribution in [0.15, 0.2) is 0 Å². The largest absolute Gasteiger partial charge is 0.481 e. The lowest BCUT2D eigenvalue weighted by molar-refractivity contribution is -0.146. The summed E-state index contributed by atoms with van der Waals surface area (Å²) in [7, 11) is 0. The maximum Gasteiger partial charge on any atom is 0.308 e. The number of carboxylic acids is 1. The minimum atomic E-state index is -0.646. The van der Waals surface area contributed by atoms with Crippen LogP contribution in [0.4, 0.5) is 0 Å². The molecule has 3 heteroatoms. The highest BCUT2D eigenvalue weighted by Crippen LogP contribution is 2.28. The van der Waals surface area contributed by atoms with Gasteiger partial charge in [0.1, 0.15) is 0 Å². The first-order valence-electron chi connectivity index (χ1n) is 5.14. The zero-order valence-electron chi connectivity index (χ0n) is 8.42. The molecular weight excluding hydrogens is 166 g/mol. The van der Waals surface area contributed by atoms with Gasteiger partial charge in [0.25, 0.3) is 0 Å². The molecule has 1 saturated carbocycles. The predicted molar refractivity (Wildman–Crippen MR) is 51.7 cm³/mol. The molecule has 3 nitrogen and oxygen atoms in total. The molecule has 13 heavy (non-hydrogen) atoms. The third-order valence-corrected chi connectivity index (χ3v) is 2.81. The molecule has 1 aliphatic rings. The van der Waals surface area contributed by atoms with Crippen molar-refractivity contribution >= 4 is 5.97 Å². The highest BCUT2D eigenvalue weighted by molar-refractivity contribution is 5.72. The second-order valence-corrected chi connectivity index (χ2v) is 3.98. The van der Waals surface area contributed by atoms with Gasteiger partial charge >= 0.3 is 5.97 Å². The average Bonchev–Trinajstić information content (AvgIpc) is 1.97. The summed E-state index contributed by atoms with van der Waals surface area (Å²) in [6.07, 6.45) is 4.14. The summed E-state index contributed by atoms with van der Waals surface area (Å²) in [5.74, 6) is -0.785. The summed E-state index contributed by atoms with van der Waals surface area (Å²) in [6, 6.07) is 0.677. The van der Waals surface area contributed by atoms with Crippen molar-refractivity contribution in [3.63, 3.8) is 0 Å². The van der Waals surface area contributed by atoms with E-state index in [2.05, 4.69) is 19.2 Å². The molecule has 0 saturated heterocycles. The molecule has 0 aromatic carbocycles. The zero-order chi connectivity index (χ0) is 9.84. The fourth-order valence-corrected chi connectivity index (χ4v) is 1.88. The standard InChI is InChI=1S/C10H19NO2/c1-3-4-7(2)11-9-6-5-8(9)10(12)13/h7-9,11H,3-6H2,1-2H3,(H,12,13). The Bertz CT molecular complexity index is 182. The minimum Gasteiger partial charge on any atom is -0.481 e. The number of hydrogen-bond acceptors (Lipinski definition) is 2. The molecule has 0 amide bonds. The van der Waals surface area contributed by atoms with E-state index in [9.17, 15) is 4.79 Å². The predicted octanol–water partition coefficient (Wildman–Crippen LogP) is 1.63. The van der Waals surface area contributed by atoms with Gasteiger partial charge in [0.05, 0.1) is 5.92 Å². The maximum atomic E-state index is 10.7. The van der Waals surface area contributed by atoms with E-state index >= 15 is 0 Å². The van der Waals surface area contributed by atoms with Gasteiger partial charge in [-0.25, -0.2) is 0 Å². The molecule has 0 radical (unpaired) electrons. The maximum absolute atomic E-state index is 10.7. The molecule has 3 unspecified atom stereocenters. The molecule has 0 aromatic rings. The Morgan fingerprint density at radius 3 is 2.69 bits per heavy atom. The topological polar surface area (TPSA) is 49.3 Å². The Hall–Kier alpha value is -0.570. The number of rotatable bonds is 5. The van der Waals surface area contributed by atoms with Crippen molar-refractivity contribution in [1.29, 1.82) is 0 Å². The number of carboxylic acid groups (broad SMARTS) is 1. The van der Waals surface area contributed by atoms with Crippen molar-refractivity contribution in [3.05, 3.63) is 0 Å². The van der Waals surface area contributed by atoms with E-state index in [4.69, 9.17) is 5.11 Å². The van der Waals surface area contributed by atoms with Crippen molar-refractivity contribution in [1.82, 2.24) is 5.32 Å². The quantitative estimate of drug-likeness (QED) is 0.684. The van der Waals surface area contributed by atoms with Crippen LogP contribution in [0.2, 0.25) is 0 Å². The van der Waals surface area contributed by atoms with Crippen LogP contribution >= 0.6 is 0 Å². The molecule has 3 atom stereocenters. The second-order valence-electron chi connectivity index (χ2n) is 3.98. The van der Waals surface area contributed by atoms with Gasteiger partial charge in [0.15, 0.2) is 0 Å². The van der Waals surface area contributed by atoms with E-state index in [1.54, 1.807) is 0 Å². The van der Waals surface area contributed by atoms with E-state index in [0.717, 1.165) is 25.7 Å². The van der Waals surface area contributed by atoms with Crippen LogP contribution in [0.5, 0.6) is 0 Å². The lowest BCUT2D eigenvalue weighted by Gasteiger charge is -2.36. The van der Waals surface area contributed by atoms with Gasteiger partial charge in [0.2, 0.25) is 0 Å². The number of aliphatic carboxylic acids is 1. The third kappa shape index (κ3) is 2.69. The van der Waals surface area contributed by atoms with Crippen molar-refractivity contribution in [2.45, 2.75) is 51.6 Å². The Labute approximate surface area is 79.5 Å². The van der Waals surface area contributed by atoms with Crippen LogP contribution in [0.3, 0.4) is 0 Å². The van der Waals surface area contributed by atoms with Crippen molar-refractivity contribution < 1.29 is 9.90 Å². The second kappa shape index (κ2) is 4.61. The Balaban J connectivity index is 2.25. The molecule has 76 valence electrons. The lowest BCUT2D eigenvalue weighted by Crippen LogP contribution is -2.50. The number of nitrogens with one attached hydrogen (secondary N) is 1. The van der Waals surface area contributed by atoms with E-state index in [-0.39, 0.29) is 12.0 Å². The summed E-state index contributed by atoms with van der Waals surface area (Å²) in [5, 5.41) is 12.2. The Morgan fingerprint density at radius 2 is 2.31 bits per heavy atom. The molecule has 1 fully saturated rings. The van der Waals surface area contributed by atoms with Gasteiger partial charge in [0, 0.05) is 12.1 Å². The van der Waals surface area contributed by atoms with Gasteiger partial charge in [-0.3, -0.25) is 4.79 Å². The first kappa shape index (κ1) is 10.5. The first-order chi connectivity index (χ1) is 6.15. The average molecular weight is 185 g/mol. The molecule has 0 heterocycles. The Kier molecular flexibility index (Phi) is 3.72. The molecule has 0 spiro atoms. The molecule has 2 N–H and O–H groups in total. The van der Waals surface area contributed by atoms with Crippen LogP contribution in [0.25, 0.3) is 0 Å². The van der Waals surface area contributed by atoms with Crippen LogP contribution in [-0.2, 0) is 4.79 Å². The third-order valence-electron chi connectivity index (χ3n) is 2.81. The lowest BCUT2D eigenvalue weighted by atomic mass is 9.79. The summed E-state index contributed by atoms with van der Waals surface area (Å²) < 4.78 is 0. The van der Waals surface area contributed by atoms with Crippen molar-refractivity contribution in [3.8, 4) is 0 Å². The van der Waals surface area contributed by atoms with Gasteiger partial charge in [-0.2, -0.15) is 0 Å². The van der Waals surface area contributed by atoms with Crippen LogP contribution in [0, 0.1) is 5.92 Å². The molecule has 0 aliphatic heterocycles. The van der Waals surface area contributed by atoms with Crippen LogP contribution < -0.4 is 5.32 Å². The monoisotopic (exact) mass is 185 g/mol. The summed E-state index contributed by atoms with van der Waals surface area (Å²) in [4.78, 5) is 10.7. The fraction of sp³-hybridized carbons (Fsp3) is 0.900. The molecule has 1 aliphatic carbocycles. The number of hydrogen-bond donors (Lipinski definition) is 2. The fourth-order valence-electron chi connectivity index (χ4n) is 1.88. The molecule has 0 aromatic heterocycles. The van der Waals surface area contributed by atoms with Gasteiger partial charge in [-0.1, -0.05) is 13.3 Å². The van der Waals surface area contributed by atoms with Gasteiger partial charge in [-0.05, 0) is 26.2 Å². The van der Waals surface area contributed by atoms with E-state index < -0.39 is 5.97 Å². The van der Waals surface area contributed by atoms with Gasteiger partial charge < -0.3 is 10.4 Å². The molecular formula is C10H19NO2. The first-order valence-corrected chi connectivity index (χ1v) is 5.14. The van der Waals surface area contributed by atoms with Crippen molar-refractivity contribution in [2.24, 2.45) is 5.92 Å². The molecule has 1 rings (SSSR count). The number of carbonyl (C=O) groups is 1. The minimum absolute atomic E-state index is 0.140. The van der Waals surface area contributed by atoms with E-state index in [1.165, 1.54) is 0 Å². The highest BCUT2D eigenvalue weighted by Gasteiger charge is 2.36. The zero-order valence-corrected chi connectivity index (χ0v) is 8.42. The summed E-state index contributed by atoms with van der Waals surface area (Å²) >= 11 is 0. The summed E-state index contributed by atoms with van der Waals surface area (Å²) in [6.45, 7) is 4.27. The normalized spacial score (nSPS) is 29.4. The van der Waals surface area contributed by atoms with Crippen molar-refractivity contribution in [2.75, 3.05) is 0 Å². The van der Waals surface area contributed by atoms with E-state index in [1.807, 2.05) is 0 Å². The molecule has 0 bridgehead atoms. The van der Waals surface area contributed by atoms with Gasteiger partial charge in [-0.15, -0.1) is 0 Å².